The molecule has 1 atom stereocenters. The van der Waals surface area contributed by atoms with Crippen LogP contribution in [-0.2, 0) is 0 Å². The molecule has 0 aromatic heterocycles. The number of anilines is 1. The van der Waals surface area contributed by atoms with E-state index in [-0.39, 0.29) is 11.8 Å². The Labute approximate surface area is 178 Å². The van der Waals surface area contributed by atoms with Crippen molar-refractivity contribution in [3.05, 3.63) is 107 Å². The highest BCUT2D eigenvalue weighted by Crippen LogP contribution is 2.40. The first kappa shape index (κ1) is 18.0. The molecule has 1 N–H and O–H groups in total. The molecular weight excluding hydrogens is 424 g/mol. The van der Waals surface area contributed by atoms with Crippen molar-refractivity contribution in [1.29, 1.82) is 0 Å². The van der Waals surface area contributed by atoms with Gasteiger partial charge in [-0.15, -0.1) is 0 Å². The largest absolute Gasteiger partial charge is 0.507 e. The molecule has 29 heavy (non-hydrogen) atoms. The Morgan fingerprint density at radius 3 is 2.34 bits per heavy atom. The lowest BCUT2D eigenvalue weighted by molar-refractivity contribution is 0.475. The number of aromatic hydroxyl groups is 1. The standard InChI is InChI=1S/C25H19BrN2O/c26-19-13-10-18(11-14-19)23-16-22(27-28(23)20-7-2-1-3-8-20)25-21-9-5-4-6-17(21)12-15-24(25)29/h1-15,23,29H,16H2. The fourth-order valence-corrected chi connectivity index (χ4v) is 4.25. The van der Waals surface area contributed by atoms with Gasteiger partial charge >= 0.3 is 0 Å². The number of phenols is 1. The van der Waals surface area contributed by atoms with Gasteiger partial charge in [-0.2, -0.15) is 5.10 Å². The highest BCUT2D eigenvalue weighted by atomic mass is 79.9. The van der Waals surface area contributed by atoms with E-state index in [9.17, 15) is 5.11 Å². The van der Waals surface area contributed by atoms with E-state index in [0.29, 0.717) is 0 Å². The third-order valence-electron chi connectivity index (χ3n) is 5.38. The average molecular weight is 443 g/mol. The second-order valence-electron chi connectivity index (χ2n) is 7.18. The summed E-state index contributed by atoms with van der Waals surface area (Å²) >= 11 is 3.52. The van der Waals surface area contributed by atoms with Crippen molar-refractivity contribution in [2.75, 3.05) is 5.01 Å². The van der Waals surface area contributed by atoms with Gasteiger partial charge < -0.3 is 5.11 Å². The summed E-state index contributed by atoms with van der Waals surface area (Å²) in [5.74, 6) is 0.270. The van der Waals surface area contributed by atoms with Crippen LogP contribution in [0.15, 0.2) is 101 Å². The second-order valence-corrected chi connectivity index (χ2v) is 8.09. The lowest BCUT2D eigenvalue weighted by Crippen LogP contribution is -2.18. The molecule has 142 valence electrons. The van der Waals surface area contributed by atoms with Crippen LogP contribution in [0.2, 0.25) is 0 Å². The minimum absolute atomic E-state index is 0.0684. The quantitative estimate of drug-likeness (QED) is 0.384. The summed E-state index contributed by atoms with van der Waals surface area (Å²) in [6.07, 6.45) is 0.720. The van der Waals surface area contributed by atoms with Gasteiger partial charge in [0.05, 0.1) is 17.4 Å². The maximum Gasteiger partial charge on any atom is 0.125 e. The number of hydrazone groups is 1. The lowest BCUT2D eigenvalue weighted by atomic mass is 9.94. The predicted octanol–water partition coefficient (Wildman–Crippen LogP) is 6.66. The second kappa shape index (κ2) is 7.37. The fourth-order valence-electron chi connectivity index (χ4n) is 3.99. The van der Waals surface area contributed by atoms with E-state index in [0.717, 1.165) is 38.6 Å². The van der Waals surface area contributed by atoms with Gasteiger partial charge in [0, 0.05) is 16.5 Å². The molecule has 0 saturated heterocycles. The number of nitrogens with zero attached hydrogens (tertiary/aromatic N) is 2. The minimum atomic E-state index is 0.0684. The zero-order valence-electron chi connectivity index (χ0n) is 15.7. The van der Waals surface area contributed by atoms with Gasteiger partial charge in [0.25, 0.3) is 0 Å². The third-order valence-corrected chi connectivity index (χ3v) is 5.91. The summed E-state index contributed by atoms with van der Waals surface area (Å²) in [5.41, 5.74) is 3.95. The smallest absolute Gasteiger partial charge is 0.125 e. The van der Waals surface area contributed by atoms with Crippen LogP contribution in [0, 0.1) is 0 Å². The molecular formula is C25H19BrN2O. The predicted molar refractivity (Wildman–Crippen MR) is 123 cm³/mol. The van der Waals surface area contributed by atoms with Gasteiger partial charge in [-0.1, -0.05) is 76.6 Å². The van der Waals surface area contributed by atoms with Gasteiger partial charge in [-0.05, 0) is 46.7 Å². The number of rotatable bonds is 3. The Bertz CT molecular complexity index is 1200. The van der Waals surface area contributed by atoms with Crippen LogP contribution in [0.1, 0.15) is 23.6 Å². The summed E-state index contributed by atoms with van der Waals surface area (Å²) < 4.78 is 1.05. The summed E-state index contributed by atoms with van der Waals surface area (Å²) in [5, 5.41) is 19.9. The fraction of sp³-hybridized carbons (Fsp3) is 0.0800. The molecule has 0 spiro atoms. The summed E-state index contributed by atoms with van der Waals surface area (Å²) in [6, 6.07) is 30.5. The van der Waals surface area contributed by atoms with Gasteiger partial charge in [0.2, 0.25) is 0 Å². The first-order valence-electron chi connectivity index (χ1n) is 9.59. The van der Waals surface area contributed by atoms with Crippen LogP contribution in [0.4, 0.5) is 5.69 Å². The van der Waals surface area contributed by atoms with Crippen molar-refractivity contribution in [2.45, 2.75) is 12.5 Å². The van der Waals surface area contributed by atoms with Gasteiger partial charge in [-0.3, -0.25) is 5.01 Å². The van der Waals surface area contributed by atoms with E-state index in [4.69, 9.17) is 5.10 Å². The Balaban J connectivity index is 1.65. The Kier molecular flexibility index (Phi) is 4.57. The molecule has 1 heterocycles. The molecule has 0 fully saturated rings. The number of phenolic OH excluding ortho intramolecular Hbond substituents is 1. The van der Waals surface area contributed by atoms with Crippen LogP contribution >= 0.6 is 15.9 Å². The molecule has 0 radical (unpaired) electrons. The van der Waals surface area contributed by atoms with Gasteiger partial charge in [0.15, 0.2) is 0 Å². The van der Waals surface area contributed by atoms with Gasteiger partial charge in [0.1, 0.15) is 5.75 Å². The molecule has 0 amide bonds. The van der Waals surface area contributed by atoms with E-state index < -0.39 is 0 Å². The molecule has 4 aromatic carbocycles. The molecule has 1 aliphatic heterocycles. The van der Waals surface area contributed by atoms with Crippen LogP contribution in [0.3, 0.4) is 0 Å². The molecule has 4 aromatic rings. The molecule has 3 nitrogen and oxygen atoms in total. The first-order valence-corrected chi connectivity index (χ1v) is 10.4. The van der Waals surface area contributed by atoms with E-state index >= 15 is 0 Å². The molecule has 0 bridgehead atoms. The lowest BCUT2D eigenvalue weighted by Gasteiger charge is -2.24. The molecule has 0 saturated carbocycles. The number of fused-ring (bicyclic) bond motifs is 1. The van der Waals surface area contributed by atoms with Crippen LogP contribution < -0.4 is 5.01 Å². The van der Waals surface area contributed by atoms with E-state index in [1.54, 1.807) is 6.07 Å². The number of hydrogen-bond donors (Lipinski definition) is 1. The summed E-state index contributed by atoms with van der Waals surface area (Å²) in [7, 11) is 0. The summed E-state index contributed by atoms with van der Waals surface area (Å²) in [6.45, 7) is 0. The van der Waals surface area contributed by atoms with E-state index in [2.05, 4.69) is 63.4 Å². The zero-order chi connectivity index (χ0) is 19.8. The van der Waals surface area contributed by atoms with Crippen molar-refractivity contribution in [3.63, 3.8) is 0 Å². The molecule has 0 aliphatic carbocycles. The Morgan fingerprint density at radius 1 is 0.828 bits per heavy atom. The number of para-hydroxylation sites is 1. The van der Waals surface area contributed by atoms with Crippen LogP contribution in [0.5, 0.6) is 5.75 Å². The maximum absolute atomic E-state index is 10.7. The SMILES string of the molecule is Oc1ccc2ccccc2c1C1=NN(c2ccccc2)C(c2ccc(Br)cc2)C1. The number of halogens is 1. The van der Waals surface area contributed by atoms with Crippen molar-refractivity contribution in [2.24, 2.45) is 5.10 Å². The van der Waals surface area contributed by atoms with Crippen LogP contribution in [0.25, 0.3) is 10.8 Å². The van der Waals surface area contributed by atoms with Crippen molar-refractivity contribution >= 4 is 38.1 Å². The molecule has 5 rings (SSSR count). The third kappa shape index (κ3) is 3.30. The minimum Gasteiger partial charge on any atom is -0.507 e. The highest BCUT2D eigenvalue weighted by Gasteiger charge is 2.31. The van der Waals surface area contributed by atoms with Crippen molar-refractivity contribution < 1.29 is 5.11 Å². The molecule has 4 heteroatoms. The topological polar surface area (TPSA) is 35.8 Å². The van der Waals surface area contributed by atoms with Gasteiger partial charge in [-0.25, -0.2) is 0 Å². The van der Waals surface area contributed by atoms with Crippen molar-refractivity contribution in [1.82, 2.24) is 0 Å². The van der Waals surface area contributed by atoms with Crippen LogP contribution in [-0.4, -0.2) is 10.8 Å². The number of benzene rings is 4. The van der Waals surface area contributed by atoms with E-state index in [1.165, 1.54) is 5.56 Å². The molecule has 1 unspecified atom stereocenters. The number of hydrogen-bond acceptors (Lipinski definition) is 3. The van der Waals surface area contributed by atoms with E-state index in [1.807, 2.05) is 42.5 Å². The Hall–Kier alpha value is -3.11. The first-order chi connectivity index (χ1) is 14.2. The maximum atomic E-state index is 10.7. The molecule has 1 aliphatic rings. The summed E-state index contributed by atoms with van der Waals surface area (Å²) in [4.78, 5) is 0. The monoisotopic (exact) mass is 442 g/mol. The Morgan fingerprint density at radius 2 is 1.55 bits per heavy atom. The van der Waals surface area contributed by atoms with Crippen molar-refractivity contribution in [3.8, 4) is 5.75 Å². The zero-order valence-corrected chi connectivity index (χ0v) is 17.3. The highest BCUT2D eigenvalue weighted by molar-refractivity contribution is 9.10. The normalized spacial score (nSPS) is 16.2. The average Bonchev–Trinajstić information content (AvgIpc) is 3.19.